The van der Waals surface area contributed by atoms with Crippen molar-refractivity contribution in [3.63, 3.8) is 0 Å². The molecule has 1 aliphatic rings. The zero-order chi connectivity index (χ0) is 18.5. The molecular formula is C21H22N4O2. The molecule has 0 radical (unpaired) electrons. The van der Waals surface area contributed by atoms with E-state index in [0.29, 0.717) is 23.9 Å². The molecule has 138 valence electrons. The van der Waals surface area contributed by atoms with Crippen LogP contribution in [0.1, 0.15) is 24.5 Å². The largest absolute Gasteiger partial charge is 0.455 e. The quantitative estimate of drug-likeness (QED) is 0.712. The molecule has 2 aromatic carbocycles. The van der Waals surface area contributed by atoms with Crippen molar-refractivity contribution in [1.29, 1.82) is 0 Å². The molecule has 2 amide bonds. The summed E-state index contributed by atoms with van der Waals surface area (Å²) in [4.78, 5) is 14.7. The number of H-pyrrole nitrogens is 1. The summed E-state index contributed by atoms with van der Waals surface area (Å²) in [6.07, 6.45) is 3.78. The van der Waals surface area contributed by atoms with Crippen LogP contribution in [0.2, 0.25) is 0 Å². The molecule has 1 saturated heterocycles. The molecule has 2 heterocycles. The molecule has 6 heteroatoms. The number of nitrogens with zero attached hydrogens (tertiary/aromatic N) is 2. The predicted octanol–water partition coefficient (Wildman–Crippen LogP) is 4.61. The van der Waals surface area contributed by atoms with Crippen molar-refractivity contribution in [2.75, 3.05) is 18.4 Å². The molecule has 0 spiro atoms. The molecule has 3 aromatic rings. The van der Waals surface area contributed by atoms with E-state index in [2.05, 4.69) is 15.5 Å². The van der Waals surface area contributed by atoms with Crippen molar-refractivity contribution in [2.45, 2.75) is 18.8 Å². The van der Waals surface area contributed by atoms with Crippen LogP contribution < -0.4 is 10.1 Å². The summed E-state index contributed by atoms with van der Waals surface area (Å²) in [5, 5.41) is 10.1. The molecule has 1 aliphatic heterocycles. The molecule has 27 heavy (non-hydrogen) atoms. The lowest BCUT2D eigenvalue weighted by molar-refractivity contribution is 0.192. The van der Waals surface area contributed by atoms with Gasteiger partial charge in [-0.25, -0.2) is 4.79 Å². The molecule has 1 aromatic heterocycles. The third-order valence-electron chi connectivity index (χ3n) is 4.77. The first kappa shape index (κ1) is 17.1. The molecule has 0 aliphatic carbocycles. The number of ether oxygens (including phenoxy) is 1. The normalized spacial score (nSPS) is 16.7. The van der Waals surface area contributed by atoms with E-state index in [1.165, 1.54) is 0 Å². The first-order valence-corrected chi connectivity index (χ1v) is 9.17. The number of carbonyl (C=O) groups is 1. The van der Waals surface area contributed by atoms with Gasteiger partial charge in [0.1, 0.15) is 5.75 Å². The third kappa shape index (κ3) is 4.11. The average molecular weight is 362 g/mol. The van der Waals surface area contributed by atoms with Crippen LogP contribution in [-0.2, 0) is 0 Å². The molecule has 6 nitrogen and oxygen atoms in total. The van der Waals surface area contributed by atoms with Gasteiger partial charge in [-0.3, -0.25) is 5.10 Å². The van der Waals surface area contributed by atoms with Crippen molar-refractivity contribution in [3.8, 4) is 11.5 Å². The van der Waals surface area contributed by atoms with E-state index in [9.17, 15) is 4.79 Å². The minimum absolute atomic E-state index is 0.108. The maximum absolute atomic E-state index is 12.8. The minimum Gasteiger partial charge on any atom is -0.455 e. The maximum atomic E-state index is 12.8. The number of likely N-dealkylation sites (tertiary alicyclic amines) is 1. The maximum Gasteiger partial charge on any atom is 0.321 e. The topological polar surface area (TPSA) is 70.2 Å². The third-order valence-corrected chi connectivity index (χ3v) is 4.77. The zero-order valence-electron chi connectivity index (χ0n) is 15.0. The van der Waals surface area contributed by atoms with E-state index in [1.807, 2.05) is 65.6 Å². The van der Waals surface area contributed by atoms with Crippen LogP contribution in [0.25, 0.3) is 0 Å². The van der Waals surface area contributed by atoms with Gasteiger partial charge in [-0.05, 0) is 43.2 Å². The molecule has 0 unspecified atom stereocenters. The van der Waals surface area contributed by atoms with E-state index in [-0.39, 0.29) is 6.03 Å². The Balaban J connectivity index is 1.45. The highest BCUT2D eigenvalue weighted by Crippen LogP contribution is 2.30. The highest BCUT2D eigenvalue weighted by atomic mass is 16.5. The Labute approximate surface area is 158 Å². The second-order valence-electron chi connectivity index (χ2n) is 6.64. The number of piperidine rings is 1. The number of anilines is 1. The number of aromatic nitrogens is 2. The molecular weight excluding hydrogens is 340 g/mol. The van der Waals surface area contributed by atoms with Gasteiger partial charge < -0.3 is 15.0 Å². The van der Waals surface area contributed by atoms with Gasteiger partial charge in [0, 0.05) is 30.9 Å². The number of amides is 2. The second-order valence-corrected chi connectivity index (χ2v) is 6.64. The van der Waals surface area contributed by atoms with Crippen LogP contribution in [0.15, 0.2) is 66.9 Å². The average Bonchev–Trinajstić information content (AvgIpc) is 3.25. The van der Waals surface area contributed by atoms with Crippen LogP contribution in [0.3, 0.4) is 0 Å². The number of aromatic amines is 1. The summed E-state index contributed by atoms with van der Waals surface area (Å²) in [5.41, 5.74) is 1.75. The van der Waals surface area contributed by atoms with Crippen molar-refractivity contribution >= 4 is 11.7 Å². The number of hydrogen-bond donors (Lipinski definition) is 2. The molecule has 1 fully saturated rings. The Hall–Kier alpha value is -3.28. The molecule has 4 rings (SSSR count). The number of para-hydroxylation sites is 3. The number of rotatable bonds is 4. The van der Waals surface area contributed by atoms with Gasteiger partial charge in [0.25, 0.3) is 0 Å². The fourth-order valence-electron chi connectivity index (χ4n) is 3.38. The molecule has 1 atom stereocenters. The Bertz CT molecular complexity index is 880. The first-order valence-electron chi connectivity index (χ1n) is 9.17. The van der Waals surface area contributed by atoms with Gasteiger partial charge in [-0.2, -0.15) is 5.10 Å². The Morgan fingerprint density at radius 2 is 1.93 bits per heavy atom. The highest BCUT2D eigenvalue weighted by molar-refractivity contribution is 5.91. The number of benzene rings is 2. The van der Waals surface area contributed by atoms with E-state index in [0.717, 1.165) is 30.8 Å². The summed E-state index contributed by atoms with van der Waals surface area (Å²) in [6.45, 7) is 1.42. The number of carbonyl (C=O) groups excluding carboxylic acids is 1. The van der Waals surface area contributed by atoms with Gasteiger partial charge >= 0.3 is 6.03 Å². The Kier molecular flexibility index (Phi) is 5.05. The van der Waals surface area contributed by atoms with Crippen molar-refractivity contribution in [3.05, 3.63) is 72.6 Å². The monoisotopic (exact) mass is 362 g/mol. The van der Waals surface area contributed by atoms with Crippen molar-refractivity contribution in [1.82, 2.24) is 15.1 Å². The Morgan fingerprint density at radius 3 is 2.74 bits per heavy atom. The summed E-state index contributed by atoms with van der Waals surface area (Å²) in [6, 6.07) is 18.9. The van der Waals surface area contributed by atoms with Crippen molar-refractivity contribution < 1.29 is 9.53 Å². The van der Waals surface area contributed by atoms with Gasteiger partial charge in [0.15, 0.2) is 5.75 Å². The SMILES string of the molecule is O=C(Nc1ccccc1Oc1ccccc1)N1CCC[C@H](c2ccn[nH]2)C1. The summed E-state index contributed by atoms with van der Waals surface area (Å²) in [5.74, 6) is 1.65. The predicted molar refractivity (Wildman–Crippen MR) is 104 cm³/mol. The van der Waals surface area contributed by atoms with Crippen molar-refractivity contribution in [2.24, 2.45) is 0 Å². The van der Waals surface area contributed by atoms with E-state index < -0.39 is 0 Å². The number of nitrogens with one attached hydrogen (secondary N) is 2. The van der Waals surface area contributed by atoms with Gasteiger partial charge in [0.05, 0.1) is 5.69 Å². The van der Waals surface area contributed by atoms with E-state index in [1.54, 1.807) is 6.20 Å². The lowest BCUT2D eigenvalue weighted by Crippen LogP contribution is -2.41. The minimum atomic E-state index is -0.108. The highest BCUT2D eigenvalue weighted by Gasteiger charge is 2.26. The van der Waals surface area contributed by atoms with Crippen LogP contribution in [0.5, 0.6) is 11.5 Å². The number of urea groups is 1. The summed E-state index contributed by atoms with van der Waals surface area (Å²) < 4.78 is 5.93. The Morgan fingerprint density at radius 1 is 1.11 bits per heavy atom. The number of hydrogen-bond acceptors (Lipinski definition) is 3. The lowest BCUT2D eigenvalue weighted by Gasteiger charge is -2.32. The van der Waals surface area contributed by atoms with Crippen LogP contribution >= 0.6 is 0 Å². The smallest absolute Gasteiger partial charge is 0.321 e. The fraction of sp³-hybridized carbons (Fsp3) is 0.238. The van der Waals surface area contributed by atoms with Crippen LogP contribution in [-0.4, -0.2) is 34.2 Å². The first-order chi connectivity index (χ1) is 13.3. The van der Waals surface area contributed by atoms with Crippen LogP contribution in [0.4, 0.5) is 10.5 Å². The second kappa shape index (κ2) is 7.95. The molecule has 2 N–H and O–H groups in total. The standard InChI is InChI=1S/C21H22N4O2/c26-21(25-14-6-7-16(15-25)18-12-13-22-24-18)23-19-10-4-5-11-20(19)27-17-8-2-1-3-9-17/h1-5,8-13,16H,6-7,14-15H2,(H,22,24)(H,23,26)/t16-/m0/s1. The van der Waals surface area contributed by atoms with E-state index in [4.69, 9.17) is 4.74 Å². The van der Waals surface area contributed by atoms with Gasteiger partial charge in [-0.1, -0.05) is 30.3 Å². The molecule has 0 bridgehead atoms. The van der Waals surface area contributed by atoms with Crippen LogP contribution in [0, 0.1) is 0 Å². The van der Waals surface area contributed by atoms with Gasteiger partial charge in [-0.15, -0.1) is 0 Å². The van der Waals surface area contributed by atoms with E-state index >= 15 is 0 Å². The fourth-order valence-corrected chi connectivity index (χ4v) is 3.38. The van der Waals surface area contributed by atoms with Gasteiger partial charge in [0.2, 0.25) is 0 Å². The lowest BCUT2D eigenvalue weighted by atomic mass is 9.95. The molecule has 0 saturated carbocycles. The summed E-state index contributed by atoms with van der Waals surface area (Å²) >= 11 is 0. The zero-order valence-corrected chi connectivity index (χ0v) is 15.0. The summed E-state index contributed by atoms with van der Waals surface area (Å²) in [7, 11) is 0.